The number of allylic oxidation sites excluding steroid dienone is 6. The Morgan fingerprint density at radius 3 is 2.60 bits per heavy atom. The molecule has 3 heterocycles. The van der Waals surface area contributed by atoms with Crippen molar-refractivity contribution < 1.29 is 9.13 Å². The summed E-state index contributed by atoms with van der Waals surface area (Å²) in [6.45, 7) is 13.4. The quantitative estimate of drug-likeness (QED) is 0.311. The fourth-order valence-corrected chi connectivity index (χ4v) is 5.34. The second-order valence-electron chi connectivity index (χ2n) is 10.9. The van der Waals surface area contributed by atoms with Crippen molar-refractivity contribution in [3.05, 3.63) is 65.5 Å². The van der Waals surface area contributed by atoms with Crippen molar-refractivity contribution in [3.8, 4) is 0 Å². The molecule has 40 heavy (non-hydrogen) atoms. The zero-order valence-corrected chi connectivity index (χ0v) is 24.5. The van der Waals surface area contributed by atoms with Gasteiger partial charge in [-0.05, 0) is 42.5 Å². The lowest BCUT2D eigenvalue weighted by Gasteiger charge is -2.23. The lowest BCUT2D eigenvalue weighted by molar-refractivity contribution is 0.0230. The number of aromatic nitrogens is 3. The molecule has 2 aromatic heterocycles. The molecule has 3 unspecified atom stereocenters. The lowest BCUT2D eigenvalue weighted by Crippen LogP contribution is -2.27. The van der Waals surface area contributed by atoms with E-state index in [0.29, 0.717) is 28.9 Å². The van der Waals surface area contributed by atoms with Gasteiger partial charge in [-0.15, -0.1) is 0 Å². The maximum absolute atomic E-state index is 14.9. The predicted octanol–water partition coefficient (Wildman–Crippen LogP) is 6.13. The number of halogens is 1. The molecule has 1 aliphatic carbocycles. The molecule has 1 aliphatic heterocycles. The van der Waals surface area contributed by atoms with E-state index in [1.807, 2.05) is 25.4 Å². The summed E-state index contributed by atoms with van der Waals surface area (Å²) in [5.74, 6) is 1.56. The number of rotatable bonds is 11. The summed E-state index contributed by atoms with van der Waals surface area (Å²) >= 11 is 0. The van der Waals surface area contributed by atoms with E-state index in [9.17, 15) is 4.39 Å². The summed E-state index contributed by atoms with van der Waals surface area (Å²) in [6, 6.07) is 3.93. The van der Waals surface area contributed by atoms with Crippen LogP contribution in [0.3, 0.4) is 0 Å². The molecule has 2 aliphatic rings. The van der Waals surface area contributed by atoms with Gasteiger partial charge < -0.3 is 25.7 Å². The Labute approximate surface area is 237 Å². The van der Waals surface area contributed by atoms with Crippen LogP contribution < -0.4 is 15.5 Å². The normalized spacial score (nSPS) is 21.1. The maximum atomic E-state index is 14.9. The zero-order valence-electron chi connectivity index (χ0n) is 24.5. The Morgan fingerprint density at radius 2 is 1.95 bits per heavy atom. The van der Waals surface area contributed by atoms with Crippen LogP contribution in [0.1, 0.15) is 53.2 Å². The molecule has 1 fully saturated rings. The third-order valence-corrected chi connectivity index (χ3v) is 7.75. The first-order valence-electron chi connectivity index (χ1n) is 14.3. The molecular weight excluding hydrogens is 505 g/mol. The maximum Gasteiger partial charge on any atom is 0.229 e. The minimum atomic E-state index is -0.530. The number of anilines is 3. The van der Waals surface area contributed by atoms with Crippen molar-refractivity contribution in [2.24, 2.45) is 17.8 Å². The van der Waals surface area contributed by atoms with Gasteiger partial charge in [0, 0.05) is 49.5 Å². The van der Waals surface area contributed by atoms with E-state index in [0.717, 1.165) is 55.7 Å². The average molecular weight is 548 g/mol. The number of pyridine rings is 1. The van der Waals surface area contributed by atoms with Crippen molar-refractivity contribution in [3.63, 3.8) is 0 Å². The van der Waals surface area contributed by atoms with Gasteiger partial charge >= 0.3 is 0 Å². The molecule has 9 heteroatoms. The van der Waals surface area contributed by atoms with E-state index in [1.54, 1.807) is 18.2 Å². The number of nitrogens with one attached hydrogen (secondary N) is 3. The third kappa shape index (κ3) is 6.58. The van der Waals surface area contributed by atoms with Crippen LogP contribution >= 0.6 is 0 Å². The summed E-state index contributed by atoms with van der Waals surface area (Å²) in [5, 5.41) is 14.6. The Morgan fingerprint density at radius 1 is 1.15 bits per heavy atom. The molecule has 214 valence electrons. The highest BCUT2D eigenvalue weighted by Crippen LogP contribution is 2.32. The second kappa shape index (κ2) is 13.2. The highest BCUT2D eigenvalue weighted by molar-refractivity contribution is 6.13. The third-order valence-electron chi connectivity index (χ3n) is 7.75. The molecule has 1 saturated heterocycles. The summed E-state index contributed by atoms with van der Waals surface area (Å²) in [4.78, 5) is 15.5. The van der Waals surface area contributed by atoms with Crippen LogP contribution in [0.2, 0.25) is 0 Å². The summed E-state index contributed by atoms with van der Waals surface area (Å²) in [7, 11) is 1.83. The van der Waals surface area contributed by atoms with E-state index in [4.69, 9.17) is 10.1 Å². The average Bonchev–Trinajstić information content (AvgIpc) is 3.38. The smallest absolute Gasteiger partial charge is 0.229 e. The molecule has 8 nitrogen and oxygen atoms in total. The highest BCUT2D eigenvalue weighted by atomic mass is 19.1. The molecule has 4 rings (SSSR count). The van der Waals surface area contributed by atoms with Crippen molar-refractivity contribution in [1.82, 2.24) is 20.3 Å². The van der Waals surface area contributed by atoms with Crippen LogP contribution in [-0.4, -0.2) is 53.5 Å². The first kappa shape index (κ1) is 29.4. The standard InChI is InChI=1S/C31H42FN7O/c1-7-13-40-27-18-39(17-24(27)20(5)8-2)22-10-12-28(35-15-22)37-31-36-16-25(32)30(38-31)21-9-11-26(33)23(14-21)29(34-6)19(3)4/h9-12,14-16,19-20,24,27,33-34H,7-8,13,17-18H2,1-6H3,(H,35,36,37,38)/b29-23-,33-26?. The molecule has 0 aromatic carbocycles. The SMILES string of the molecule is CCCOC1CN(c2ccc(Nc3ncc(F)c(C4=C/C(=C(/NC)C(C)C)C(=N)C=C4)n3)nc2)CC1C(C)CC. The van der Waals surface area contributed by atoms with Crippen molar-refractivity contribution in [2.75, 3.05) is 37.0 Å². The number of hydrogen-bond donors (Lipinski definition) is 3. The predicted molar refractivity (Wildman–Crippen MR) is 160 cm³/mol. The summed E-state index contributed by atoms with van der Waals surface area (Å²) in [6.07, 6.45) is 10.6. The molecule has 3 N–H and O–H groups in total. The van der Waals surface area contributed by atoms with E-state index >= 15 is 0 Å². The van der Waals surface area contributed by atoms with Gasteiger partial charge in [-0.1, -0.05) is 47.1 Å². The van der Waals surface area contributed by atoms with Crippen molar-refractivity contribution in [1.29, 1.82) is 5.41 Å². The van der Waals surface area contributed by atoms with Crippen molar-refractivity contribution in [2.45, 2.75) is 53.6 Å². The molecule has 0 bridgehead atoms. The summed E-state index contributed by atoms with van der Waals surface area (Å²) in [5.41, 5.74) is 3.80. The van der Waals surface area contributed by atoms with Gasteiger partial charge in [0.25, 0.3) is 0 Å². The first-order valence-corrected chi connectivity index (χ1v) is 14.3. The Kier molecular flexibility index (Phi) is 9.68. The molecule has 2 aromatic rings. The van der Waals surface area contributed by atoms with Gasteiger partial charge in [0.15, 0.2) is 5.82 Å². The van der Waals surface area contributed by atoms with E-state index in [1.165, 1.54) is 0 Å². The molecule has 3 atom stereocenters. The molecule has 0 spiro atoms. The fourth-order valence-electron chi connectivity index (χ4n) is 5.34. The largest absolute Gasteiger partial charge is 0.391 e. The van der Waals surface area contributed by atoms with Crippen LogP contribution in [0.5, 0.6) is 0 Å². The van der Waals surface area contributed by atoms with E-state index in [2.05, 4.69) is 65.1 Å². The Bertz CT molecular complexity index is 1290. The zero-order chi connectivity index (χ0) is 28.8. The van der Waals surface area contributed by atoms with Gasteiger partial charge in [-0.3, -0.25) is 0 Å². The number of hydrogen-bond acceptors (Lipinski definition) is 8. The molecule has 0 amide bonds. The van der Waals surface area contributed by atoms with E-state index in [-0.39, 0.29) is 23.7 Å². The molecule has 0 saturated carbocycles. The Balaban J connectivity index is 1.51. The molecular formula is C31H42FN7O. The van der Waals surface area contributed by atoms with Crippen LogP contribution in [0.15, 0.2) is 54.0 Å². The van der Waals surface area contributed by atoms with Gasteiger partial charge in [0.2, 0.25) is 5.95 Å². The lowest BCUT2D eigenvalue weighted by atomic mass is 9.89. The minimum absolute atomic E-state index is 0.167. The van der Waals surface area contributed by atoms with Crippen molar-refractivity contribution >= 4 is 28.7 Å². The van der Waals surface area contributed by atoms with Gasteiger partial charge in [-0.25, -0.2) is 19.3 Å². The van der Waals surface area contributed by atoms with Crippen LogP contribution in [0.25, 0.3) is 5.57 Å². The Hall–Kier alpha value is -3.59. The van der Waals surface area contributed by atoms with Gasteiger partial charge in [0.1, 0.15) is 11.5 Å². The van der Waals surface area contributed by atoms with Crippen LogP contribution in [0.4, 0.5) is 21.8 Å². The second-order valence-corrected chi connectivity index (χ2v) is 10.9. The topological polar surface area (TPSA) is 99.1 Å². The monoisotopic (exact) mass is 547 g/mol. The first-order chi connectivity index (χ1) is 19.2. The van der Waals surface area contributed by atoms with Crippen LogP contribution in [0, 0.1) is 29.0 Å². The van der Waals surface area contributed by atoms with Gasteiger partial charge in [-0.2, -0.15) is 0 Å². The fraction of sp³-hybridized carbons (Fsp3) is 0.484. The van der Waals surface area contributed by atoms with Gasteiger partial charge in [0.05, 0.1) is 29.9 Å². The number of ether oxygens (including phenoxy) is 1. The number of nitrogens with zero attached hydrogens (tertiary/aromatic N) is 4. The highest BCUT2D eigenvalue weighted by Gasteiger charge is 2.36. The minimum Gasteiger partial charge on any atom is -0.391 e. The van der Waals surface area contributed by atoms with E-state index < -0.39 is 5.82 Å². The summed E-state index contributed by atoms with van der Waals surface area (Å²) < 4.78 is 21.1. The molecule has 0 radical (unpaired) electrons. The van der Waals surface area contributed by atoms with Crippen LogP contribution in [-0.2, 0) is 4.74 Å².